The Morgan fingerprint density at radius 2 is 1.93 bits per heavy atom. The average Bonchev–Trinajstić information content (AvgIpc) is 3.21. The fourth-order valence-corrected chi connectivity index (χ4v) is 2.83. The molecule has 1 heterocycles. The summed E-state index contributed by atoms with van der Waals surface area (Å²) in [5.41, 5.74) is 0.283. The minimum absolute atomic E-state index is 0.0654. The van der Waals surface area contributed by atoms with Gasteiger partial charge in [-0.3, -0.25) is 9.59 Å². The first-order valence-electron chi connectivity index (χ1n) is 7.98. The normalized spacial score (nSPS) is 9.89. The summed E-state index contributed by atoms with van der Waals surface area (Å²) in [4.78, 5) is 36.2. The largest absolute Gasteiger partial charge is 0.467 e. The van der Waals surface area contributed by atoms with Crippen LogP contribution < -0.4 is 10.6 Å². The van der Waals surface area contributed by atoms with E-state index in [2.05, 4.69) is 16.6 Å². The van der Waals surface area contributed by atoms with Crippen molar-refractivity contribution in [2.24, 2.45) is 0 Å². The average molecular weight is 386 g/mol. The van der Waals surface area contributed by atoms with Crippen LogP contribution in [0.25, 0.3) is 0 Å². The van der Waals surface area contributed by atoms with Crippen LogP contribution in [-0.2, 0) is 20.9 Å². The number of benzene rings is 1. The third-order valence-corrected chi connectivity index (χ3v) is 4.30. The van der Waals surface area contributed by atoms with Crippen LogP contribution in [0.1, 0.15) is 16.1 Å². The number of hydrogen-bond donors (Lipinski definition) is 2. The lowest BCUT2D eigenvalue weighted by molar-refractivity contribution is -0.124. The van der Waals surface area contributed by atoms with Crippen LogP contribution in [0.15, 0.2) is 52.0 Å². The van der Waals surface area contributed by atoms with E-state index in [1.54, 1.807) is 36.4 Å². The van der Waals surface area contributed by atoms with E-state index in [0.29, 0.717) is 17.2 Å². The first-order chi connectivity index (χ1) is 13.1. The summed E-state index contributed by atoms with van der Waals surface area (Å²) in [6.07, 6.45) is 6.57. The van der Waals surface area contributed by atoms with E-state index in [4.69, 9.17) is 15.6 Å². The zero-order valence-corrected chi connectivity index (χ0v) is 15.2. The van der Waals surface area contributed by atoms with Crippen molar-refractivity contribution in [1.29, 1.82) is 0 Å². The smallest absolute Gasteiger partial charge is 0.339 e. The highest BCUT2D eigenvalue weighted by Crippen LogP contribution is 2.23. The van der Waals surface area contributed by atoms with Crippen LogP contribution in [-0.4, -0.2) is 36.7 Å². The first-order valence-corrected chi connectivity index (χ1v) is 8.97. The highest BCUT2D eigenvalue weighted by Gasteiger charge is 2.15. The van der Waals surface area contributed by atoms with E-state index in [1.807, 2.05) is 0 Å². The molecule has 0 aliphatic heterocycles. The summed E-state index contributed by atoms with van der Waals surface area (Å²) in [5.74, 6) is 1.69. The number of thioether (sulfide) groups is 1. The van der Waals surface area contributed by atoms with Gasteiger partial charge in [-0.25, -0.2) is 4.79 Å². The van der Waals surface area contributed by atoms with Gasteiger partial charge in [0.25, 0.3) is 5.91 Å². The van der Waals surface area contributed by atoms with Crippen molar-refractivity contribution in [2.45, 2.75) is 11.4 Å². The Morgan fingerprint density at radius 1 is 1.11 bits per heavy atom. The fourth-order valence-electron chi connectivity index (χ4n) is 1.96. The standard InChI is InChI=1S/C19H18N2O5S/c1-2-9-20-17(22)12-26-19(24)15-7-3-4-8-16(15)27-13-18(23)21-11-14-6-5-10-25-14/h1,3-8,10H,9,11-13H2,(H,20,22)(H,21,23). The number of ether oxygens (including phenoxy) is 1. The Morgan fingerprint density at radius 3 is 2.67 bits per heavy atom. The lowest BCUT2D eigenvalue weighted by Gasteiger charge is -2.09. The Balaban J connectivity index is 1.85. The maximum Gasteiger partial charge on any atom is 0.339 e. The summed E-state index contributed by atoms with van der Waals surface area (Å²) in [6.45, 7) is -0.0675. The van der Waals surface area contributed by atoms with Gasteiger partial charge in [-0.2, -0.15) is 0 Å². The molecule has 27 heavy (non-hydrogen) atoms. The van der Waals surface area contributed by atoms with Gasteiger partial charge >= 0.3 is 5.97 Å². The zero-order valence-electron chi connectivity index (χ0n) is 14.4. The molecule has 2 N–H and O–H groups in total. The van der Waals surface area contributed by atoms with Gasteiger partial charge in [0.15, 0.2) is 6.61 Å². The topological polar surface area (TPSA) is 97.6 Å². The van der Waals surface area contributed by atoms with Crippen LogP contribution in [0.2, 0.25) is 0 Å². The molecule has 2 rings (SSSR count). The number of furan rings is 1. The van der Waals surface area contributed by atoms with Gasteiger partial charge in [-0.05, 0) is 24.3 Å². The maximum atomic E-state index is 12.2. The van der Waals surface area contributed by atoms with E-state index in [9.17, 15) is 14.4 Å². The SMILES string of the molecule is C#CCNC(=O)COC(=O)c1ccccc1SCC(=O)NCc1ccco1. The molecule has 0 saturated heterocycles. The summed E-state index contributed by atoms with van der Waals surface area (Å²) in [7, 11) is 0. The molecule has 0 atom stereocenters. The number of carbonyl (C=O) groups excluding carboxylic acids is 3. The van der Waals surface area contributed by atoms with Gasteiger partial charge in [0.05, 0.1) is 30.7 Å². The van der Waals surface area contributed by atoms with Crippen LogP contribution in [0, 0.1) is 12.3 Å². The summed E-state index contributed by atoms with van der Waals surface area (Å²) >= 11 is 1.20. The molecule has 7 nitrogen and oxygen atoms in total. The van der Waals surface area contributed by atoms with Crippen LogP contribution in [0.5, 0.6) is 0 Å². The molecule has 1 aromatic heterocycles. The summed E-state index contributed by atoms with van der Waals surface area (Å²) < 4.78 is 10.1. The van der Waals surface area contributed by atoms with Gasteiger partial charge in [0, 0.05) is 4.90 Å². The predicted octanol–water partition coefficient (Wildman–Crippen LogP) is 1.59. The van der Waals surface area contributed by atoms with E-state index in [1.165, 1.54) is 18.0 Å². The van der Waals surface area contributed by atoms with Gasteiger partial charge in [-0.1, -0.05) is 18.1 Å². The van der Waals surface area contributed by atoms with Gasteiger partial charge < -0.3 is 19.8 Å². The van der Waals surface area contributed by atoms with Crippen molar-refractivity contribution in [1.82, 2.24) is 10.6 Å². The third-order valence-electron chi connectivity index (χ3n) is 3.23. The second-order valence-electron chi connectivity index (χ2n) is 5.20. The molecule has 0 spiro atoms. The van der Waals surface area contributed by atoms with Crippen molar-refractivity contribution in [2.75, 3.05) is 18.9 Å². The highest BCUT2D eigenvalue weighted by atomic mass is 32.2. The van der Waals surface area contributed by atoms with Crippen LogP contribution in [0.4, 0.5) is 0 Å². The number of terminal acetylenes is 1. The highest BCUT2D eigenvalue weighted by molar-refractivity contribution is 8.00. The predicted molar refractivity (Wildman–Crippen MR) is 99.8 cm³/mol. The molecule has 0 bridgehead atoms. The van der Waals surface area contributed by atoms with Crippen molar-refractivity contribution in [3.05, 3.63) is 54.0 Å². The van der Waals surface area contributed by atoms with E-state index < -0.39 is 18.5 Å². The molecule has 8 heteroatoms. The summed E-state index contributed by atoms with van der Waals surface area (Å²) in [6, 6.07) is 10.2. The lowest BCUT2D eigenvalue weighted by Crippen LogP contribution is -2.29. The zero-order chi connectivity index (χ0) is 19.5. The minimum Gasteiger partial charge on any atom is -0.467 e. The molecule has 140 valence electrons. The van der Waals surface area contributed by atoms with E-state index in [-0.39, 0.29) is 23.8 Å². The second-order valence-corrected chi connectivity index (χ2v) is 6.22. The fraction of sp³-hybridized carbons (Fsp3) is 0.211. The molecule has 0 fully saturated rings. The molecule has 2 amide bonds. The Kier molecular flexibility index (Phi) is 8.00. The Hall–Kier alpha value is -3.18. The molecule has 0 aliphatic carbocycles. The van der Waals surface area contributed by atoms with Crippen molar-refractivity contribution in [3.63, 3.8) is 0 Å². The van der Waals surface area contributed by atoms with Crippen molar-refractivity contribution >= 4 is 29.5 Å². The first kappa shape index (κ1) is 20.1. The maximum absolute atomic E-state index is 12.2. The van der Waals surface area contributed by atoms with Crippen molar-refractivity contribution < 1.29 is 23.5 Å². The van der Waals surface area contributed by atoms with Crippen LogP contribution >= 0.6 is 11.8 Å². The minimum atomic E-state index is -0.648. The Bertz CT molecular complexity index is 827. The Labute approximate surface area is 160 Å². The quantitative estimate of drug-likeness (QED) is 0.386. The molecule has 0 radical (unpaired) electrons. The number of esters is 1. The molecular formula is C19H18N2O5S. The monoisotopic (exact) mass is 386 g/mol. The number of nitrogens with one attached hydrogen (secondary N) is 2. The number of amides is 2. The molecule has 1 aromatic carbocycles. The van der Waals surface area contributed by atoms with Crippen molar-refractivity contribution in [3.8, 4) is 12.3 Å². The number of carbonyl (C=O) groups is 3. The lowest BCUT2D eigenvalue weighted by atomic mass is 10.2. The molecule has 2 aromatic rings. The number of rotatable bonds is 9. The number of hydrogen-bond acceptors (Lipinski definition) is 6. The van der Waals surface area contributed by atoms with Crippen LogP contribution in [0.3, 0.4) is 0 Å². The molecular weight excluding hydrogens is 368 g/mol. The molecule has 0 unspecified atom stereocenters. The van der Waals surface area contributed by atoms with E-state index >= 15 is 0 Å². The van der Waals surface area contributed by atoms with Gasteiger partial charge in [0.2, 0.25) is 5.91 Å². The summed E-state index contributed by atoms with van der Waals surface area (Å²) in [5, 5.41) is 5.13. The van der Waals surface area contributed by atoms with E-state index in [0.717, 1.165) is 0 Å². The second kappa shape index (κ2) is 10.7. The molecule has 0 saturated carbocycles. The molecule has 0 aliphatic rings. The van der Waals surface area contributed by atoms with Gasteiger partial charge in [-0.15, -0.1) is 18.2 Å². The third kappa shape index (κ3) is 6.92. The van der Waals surface area contributed by atoms with Gasteiger partial charge in [0.1, 0.15) is 5.76 Å².